The fourth-order valence-corrected chi connectivity index (χ4v) is 3.55. The SMILES string of the molecule is CCCC(NC(=O)C(=O)Nc1ccc(=O)n(CC)c1)C1CCCCC1. The zero-order valence-corrected chi connectivity index (χ0v) is 15.2. The van der Waals surface area contributed by atoms with Gasteiger partial charge in [-0.2, -0.15) is 0 Å². The number of carbonyl (C=O) groups excluding carboxylic acids is 2. The van der Waals surface area contributed by atoms with Gasteiger partial charge >= 0.3 is 11.8 Å². The highest BCUT2D eigenvalue weighted by molar-refractivity contribution is 6.39. The lowest BCUT2D eigenvalue weighted by atomic mass is 9.82. The second-order valence-electron chi connectivity index (χ2n) is 6.76. The molecule has 2 rings (SSSR count). The van der Waals surface area contributed by atoms with Gasteiger partial charge in [0.25, 0.3) is 5.56 Å². The minimum absolute atomic E-state index is 0.0631. The first-order chi connectivity index (χ1) is 12.0. The molecule has 2 N–H and O–H groups in total. The molecule has 0 aromatic carbocycles. The number of amides is 2. The zero-order valence-electron chi connectivity index (χ0n) is 15.2. The first-order valence-electron chi connectivity index (χ1n) is 9.37. The third kappa shape index (κ3) is 5.44. The molecule has 1 fully saturated rings. The third-order valence-corrected chi connectivity index (χ3v) is 4.92. The quantitative estimate of drug-likeness (QED) is 0.777. The highest BCUT2D eigenvalue weighted by atomic mass is 16.2. The van der Waals surface area contributed by atoms with Crippen LogP contribution in [0, 0.1) is 5.92 Å². The minimum Gasteiger partial charge on any atom is -0.345 e. The highest BCUT2D eigenvalue weighted by Crippen LogP contribution is 2.28. The molecule has 1 atom stereocenters. The first-order valence-corrected chi connectivity index (χ1v) is 9.37. The Bertz CT molecular complexity index is 648. The number of carbonyl (C=O) groups is 2. The summed E-state index contributed by atoms with van der Waals surface area (Å²) < 4.78 is 1.48. The van der Waals surface area contributed by atoms with E-state index in [4.69, 9.17) is 0 Å². The van der Waals surface area contributed by atoms with Gasteiger partial charge in [-0.15, -0.1) is 0 Å². The summed E-state index contributed by atoms with van der Waals surface area (Å²) in [6.07, 6.45) is 9.32. The number of rotatable bonds is 6. The molecule has 0 bridgehead atoms. The van der Waals surface area contributed by atoms with Gasteiger partial charge in [0.15, 0.2) is 0 Å². The van der Waals surface area contributed by atoms with Crippen LogP contribution in [0.4, 0.5) is 5.69 Å². The van der Waals surface area contributed by atoms with E-state index in [-0.39, 0.29) is 11.6 Å². The minimum atomic E-state index is -0.682. The lowest BCUT2D eigenvalue weighted by Gasteiger charge is -2.30. The van der Waals surface area contributed by atoms with E-state index < -0.39 is 11.8 Å². The van der Waals surface area contributed by atoms with Gasteiger partial charge in [0, 0.05) is 24.8 Å². The molecule has 0 aliphatic heterocycles. The Morgan fingerprint density at radius 1 is 1.16 bits per heavy atom. The molecule has 0 saturated heterocycles. The summed E-state index contributed by atoms with van der Waals surface area (Å²) >= 11 is 0. The number of hydrogen-bond donors (Lipinski definition) is 2. The lowest BCUT2D eigenvalue weighted by molar-refractivity contribution is -0.137. The number of anilines is 1. The predicted molar refractivity (Wildman–Crippen MR) is 98.4 cm³/mol. The van der Waals surface area contributed by atoms with Crippen LogP contribution in [0.5, 0.6) is 0 Å². The van der Waals surface area contributed by atoms with Crippen LogP contribution in [0.1, 0.15) is 58.8 Å². The lowest BCUT2D eigenvalue weighted by Crippen LogP contribution is -2.45. The summed E-state index contributed by atoms with van der Waals surface area (Å²) in [5, 5.41) is 5.51. The van der Waals surface area contributed by atoms with Gasteiger partial charge in [0.2, 0.25) is 0 Å². The standard InChI is InChI=1S/C19H29N3O3/c1-3-8-16(14-9-6-5-7-10-14)21-19(25)18(24)20-15-11-12-17(23)22(4-2)13-15/h11-14,16H,3-10H2,1-2H3,(H,20,24)(H,21,25). The molecule has 1 saturated carbocycles. The van der Waals surface area contributed by atoms with E-state index in [0.717, 1.165) is 25.7 Å². The molecule has 6 heteroatoms. The molecule has 1 aliphatic rings. The Balaban J connectivity index is 1.97. The van der Waals surface area contributed by atoms with Crippen LogP contribution in [-0.2, 0) is 16.1 Å². The Hall–Kier alpha value is -2.11. The number of pyridine rings is 1. The summed E-state index contributed by atoms with van der Waals surface area (Å²) in [6, 6.07) is 2.97. The molecule has 1 aliphatic carbocycles. The molecule has 1 unspecified atom stereocenters. The Morgan fingerprint density at radius 3 is 2.52 bits per heavy atom. The maximum absolute atomic E-state index is 12.3. The van der Waals surface area contributed by atoms with Gasteiger partial charge in [-0.1, -0.05) is 32.6 Å². The Kier molecular flexibility index (Phi) is 7.22. The maximum atomic E-state index is 12.3. The molecule has 25 heavy (non-hydrogen) atoms. The average molecular weight is 347 g/mol. The van der Waals surface area contributed by atoms with Crippen molar-refractivity contribution in [3.05, 3.63) is 28.7 Å². The molecule has 1 aromatic rings. The van der Waals surface area contributed by atoms with E-state index in [1.807, 2.05) is 6.92 Å². The second kappa shape index (κ2) is 9.39. The van der Waals surface area contributed by atoms with Crippen molar-refractivity contribution in [2.45, 2.75) is 71.4 Å². The van der Waals surface area contributed by atoms with Crippen LogP contribution in [0.25, 0.3) is 0 Å². The van der Waals surface area contributed by atoms with Gasteiger partial charge in [0.1, 0.15) is 0 Å². The number of nitrogens with one attached hydrogen (secondary N) is 2. The van der Waals surface area contributed by atoms with E-state index in [1.165, 1.54) is 36.0 Å². The molecule has 0 radical (unpaired) electrons. The molecule has 6 nitrogen and oxygen atoms in total. The van der Waals surface area contributed by atoms with Gasteiger partial charge in [-0.05, 0) is 38.2 Å². The van der Waals surface area contributed by atoms with Crippen molar-refractivity contribution in [3.8, 4) is 0 Å². The van der Waals surface area contributed by atoms with Crippen LogP contribution in [-0.4, -0.2) is 22.4 Å². The van der Waals surface area contributed by atoms with Crippen molar-refractivity contribution in [2.24, 2.45) is 5.92 Å². The van der Waals surface area contributed by atoms with Crippen LogP contribution >= 0.6 is 0 Å². The molecule has 0 spiro atoms. The fraction of sp³-hybridized carbons (Fsp3) is 0.632. The van der Waals surface area contributed by atoms with E-state index in [2.05, 4.69) is 17.6 Å². The number of hydrogen-bond acceptors (Lipinski definition) is 3. The van der Waals surface area contributed by atoms with E-state index >= 15 is 0 Å². The smallest absolute Gasteiger partial charge is 0.313 e. The summed E-state index contributed by atoms with van der Waals surface area (Å²) in [5.41, 5.74) is 0.316. The van der Waals surface area contributed by atoms with Gasteiger partial charge in [-0.3, -0.25) is 14.4 Å². The van der Waals surface area contributed by atoms with E-state index in [0.29, 0.717) is 18.2 Å². The fourth-order valence-electron chi connectivity index (χ4n) is 3.55. The van der Waals surface area contributed by atoms with Crippen LogP contribution < -0.4 is 16.2 Å². The van der Waals surface area contributed by atoms with E-state index in [1.54, 1.807) is 6.20 Å². The van der Waals surface area contributed by atoms with Crippen molar-refractivity contribution < 1.29 is 9.59 Å². The van der Waals surface area contributed by atoms with Crippen LogP contribution in [0.15, 0.2) is 23.1 Å². The van der Waals surface area contributed by atoms with Gasteiger partial charge in [-0.25, -0.2) is 0 Å². The highest BCUT2D eigenvalue weighted by Gasteiger charge is 2.26. The van der Waals surface area contributed by atoms with Crippen molar-refractivity contribution in [1.82, 2.24) is 9.88 Å². The second-order valence-corrected chi connectivity index (χ2v) is 6.76. The van der Waals surface area contributed by atoms with Crippen molar-refractivity contribution in [3.63, 3.8) is 0 Å². The predicted octanol–water partition coefficient (Wildman–Crippen LogP) is 2.67. The molecular formula is C19H29N3O3. The Labute approximate surface area is 149 Å². The molecule has 2 amide bonds. The third-order valence-electron chi connectivity index (χ3n) is 4.92. The topological polar surface area (TPSA) is 80.2 Å². The zero-order chi connectivity index (χ0) is 18.2. The molecule has 138 valence electrons. The average Bonchev–Trinajstić information content (AvgIpc) is 2.63. The summed E-state index contributed by atoms with van der Waals surface area (Å²) in [4.78, 5) is 36.1. The van der Waals surface area contributed by atoms with Crippen LogP contribution in [0.2, 0.25) is 0 Å². The van der Waals surface area contributed by atoms with Gasteiger partial charge < -0.3 is 15.2 Å². The first kappa shape index (κ1) is 19.2. The number of nitrogens with zero attached hydrogens (tertiary/aromatic N) is 1. The molecule has 1 aromatic heterocycles. The largest absolute Gasteiger partial charge is 0.345 e. The maximum Gasteiger partial charge on any atom is 0.313 e. The number of aryl methyl sites for hydroxylation is 1. The summed E-state index contributed by atoms with van der Waals surface area (Å²) in [5.74, 6) is -0.816. The molecule has 1 heterocycles. The monoisotopic (exact) mass is 347 g/mol. The van der Waals surface area contributed by atoms with Gasteiger partial charge in [0.05, 0.1) is 5.69 Å². The van der Waals surface area contributed by atoms with Crippen molar-refractivity contribution in [1.29, 1.82) is 0 Å². The van der Waals surface area contributed by atoms with Crippen molar-refractivity contribution in [2.75, 3.05) is 5.32 Å². The number of aromatic nitrogens is 1. The molecular weight excluding hydrogens is 318 g/mol. The van der Waals surface area contributed by atoms with E-state index in [9.17, 15) is 14.4 Å². The van der Waals surface area contributed by atoms with Crippen LogP contribution in [0.3, 0.4) is 0 Å². The summed E-state index contributed by atoms with van der Waals surface area (Å²) in [6.45, 7) is 4.45. The Morgan fingerprint density at radius 2 is 1.88 bits per heavy atom. The summed E-state index contributed by atoms with van der Waals surface area (Å²) in [7, 11) is 0. The van der Waals surface area contributed by atoms with Crippen molar-refractivity contribution >= 4 is 17.5 Å². The normalized spacial score (nSPS) is 16.2.